The van der Waals surface area contributed by atoms with Gasteiger partial charge in [0.05, 0.1) is 21.9 Å². The van der Waals surface area contributed by atoms with E-state index < -0.39 is 23.4 Å². The normalized spacial score (nSPS) is 24.6. The van der Waals surface area contributed by atoms with Crippen molar-refractivity contribution in [2.24, 2.45) is 5.92 Å². The number of halogens is 1. The molecule has 1 N–H and O–H groups in total. The van der Waals surface area contributed by atoms with Crippen LogP contribution >= 0.6 is 22.9 Å². The molecule has 0 unspecified atom stereocenters. The van der Waals surface area contributed by atoms with Crippen LogP contribution < -0.4 is 10.2 Å². The molecule has 186 valence electrons. The second-order valence-electron chi connectivity index (χ2n) is 9.75. The largest absolute Gasteiger partial charge is 0.352 e. The second kappa shape index (κ2) is 8.51. The summed E-state index contributed by atoms with van der Waals surface area (Å²) in [7, 11) is 0. The number of hydrogen-bond acceptors (Lipinski definition) is 5. The molecule has 3 aromatic carbocycles. The van der Waals surface area contributed by atoms with E-state index in [1.54, 1.807) is 30.3 Å². The van der Waals surface area contributed by atoms with E-state index in [9.17, 15) is 14.4 Å². The summed E-state index contributed by atoms with van der Waals surface area (Å²) in [5, 5.41) is 5.19. The van der Waals surface area contributed by atoms with Gasteiger partial charge in [0, 0.05) is 16.9 Å². The van der Waals surface area contributed by atoms with Gasteiger partial charge in [-0.3, -0.25) is 14.4 Å². The standard InChI is InChI=1S/C31H21ClN2O3S/c32-21-11-4-2-9-19(21)28(35)27-26(29(36)24-14-7-17-38-24)31(20-10-3-5-12-22(20)33-30(31)37)25-16-15-18-8-1-6-13-23(18)34(25)27/h1-17,25-27H,(H,33,37)/t25-,26+,27-,31+/m0/s1. The van der Waals surface area contributed by atoms with E-state index in [0.717, 1.165) is 16.8 Å². The van der Waals surface area contributed by atoms with Crippen LogP contribution in [-0.4, -0.2) is 29.6 Å². The number of carbonyl (C=O) groups excluding carboxylic acids is 3. The van der Waals surface area contributed by atoms with E-state index in [2.05, 4.69) is 5.32 Å². The average molecular weight is 537 g/mol. The SMILES string of the molecule is O=C(c1ccccc1Cl)[C@@H]1[C@H](C(=O)c2cccs2)[C@]2(C(=O)Nc3ccccc32)[C@@H]2C=Cc3ccccc3N12. The smallest absolute Gasteiger partial charge is 0.238 e. The van der Waals surface area contributed by atoms with Crippen molar-refractivity contribution in [3.63, 3.8) is 0 Å². The van der Waals surface area contributed by atoms with Crippen LogP contribution in [0.1, 0.15) is 31.2 Å². The van der Waals surface area contributed by atoms with E-state index in [0.29, 0.717) is 21.2 Å². The van der Waals surface area contributed by atoms with Crippen molar-refractivity contribution in [2.45, 2.75) is 17.5 Å². The molecule has 4 aromatic rings. The third-order valence-corrected chi connectivity index (χ3v) is 9.21. The first-order valence-electron chi connectivity index (χ1n) is 12.4. The predicted molar refractivity (Wildman–Crippen MR) is 150 cm³/mol. The number of anilines is 2. The van der Waals surface area contributed by atoms with Gasteiger partial charge in [0.1, 0.15) is 11.5 Å². The number of Topliss-reactive ketones (excluding diaryl/α,β-unsaturated/α-hetero) is 2. The van der Waals surface area contributed by atoms with Gasteiger partial charge in [-0.05, 0) is 46.8 Å². The lowest BCUT2D eigenvalue weighted by molar-refractivity contribution is -0.121. The number of carbonyl (C=O) groups is 3. The van der Waals surface area contributed by atoms with Crippen molar-refractivity contribution in [3.8, 4) is 0 Å². The lowest BCUT2D eigenvalue weighted by Gasteiger charge is -2.37. The highest BCUT2D eigenvalue weighted by Gasteiger charge is 2.70. The number of benzene rings is 3. The molecule has 1 spiro atoms. The summed E-state index contributed by atoms with van der Waals surface area (Å²) >= 11 is 7.86. The van der Waals surface area contributed by atoms with Gasteiger partial charge in [-0.2, -0.15) is 0 Å². The summed E-state index contributed by atoms with van der Waals surface area (Å²) in [6.07, 6.45) is 3.96. The molecule has 4 atom stereocenters. The summed E-state index contributed by atoms with van der Waals surface area (Å²) < 4.78 is 0. The minimum Gasteiger partial charge on any atom is -0.352 e. The van der Waals surface area contributed by atoms with Crippen LogP contribution in [0.5, 0.6) is 0 Å². The topological polar surface area (TPSA) is 66.5 Å². The van der Waals surface area contributed by atoms with Gasteiger partial charge >= 0.3 is 0 Å². The Balaban J connectivity index is 1.56. The van der Waals surface area contributed by atoms with Gasteiger partial charge < -0.3 is 10.2 Å². The Kier molecular flexibility index (Phi) is 5.18. The zero-order chi connectivity index (χ0) is 26.0. The molecule has 1 fully saturated rings. The van der Waals surface area contributed by atoms with Gasteiger partial charge in [-0.15, -0.1) is 11.3 Å². The lowest BCUT2D eigenvalue weighted by Crippen LogP contribution is -2.51. The molecule has 0 aliphatic carbocycles. The summed E-state index contributed by atoms with van der Waals surface area (Å²) in [4.78, 5) is 45.8. The van der Waals surface area contributed by atoms with Crippen molar-refractivity contribution in [1.82, 2.24) is 0 Å². The lowest BCUT2D eigenvalue weighted by atomic mass is 9.64. The Labute approximate surface area is 228 Å². The highest BCUT2D eigenvalue weighted by molar-refractivity contribution is 7.12. The van der Waals surface area contributed by atoms with Crippen LogP contribution in [-0.2, 0) is 10.2 Å². The molecule has 0 bridgehead atoms. The highest BCUT2D eigenvalue weighted by Crippen LogP contribution is 2.58. The molecule has 7 rings (SSSR count). The van der Waals surface area contributed by atoms with E-state index in [4.69, 9.17) is 11.6 Å². The summed E-state index contributed by atoms with van der Waals surface area (Å²) in [6.45, 7) is 0. The molecule has 7 heteroatoms. The fraction of sp³-hybridized carbons (Fsp3) is 0.129. The monoisotopic (exact) mass is 536 g/mol. The molecular weight excluding hydrogens is 516 g/mol. The molecule has 3 aliphatic heterocycles. The van der Waals surface area contributed by atoms with Crippen LogP contribution in [0.3, 0.4) is 0 Å². The second-order valence-corrected chi connectivity index (χ2v) is 11.1. The molecule has 3 aliphatic rings. The van der Waals surface area contributed by atoms with Crippen LogP contribution in [0, 0.1) is 5.92 Å². The van der Waals surface area contributed by atoms with Crippen molar-refractivity contribution in [3.05, 3.63) is 123 Å². The third kappa shape index (κ3) is 3.01. The average Bonchev–Trinajstić information content (AvgIpc) is 3.65. The number of rotatable bonds is 4. The number of nitrogens with one attached hydrogen (secondary N) is 1. The van der Waals surface area contributed by atoms with Crippen LogP contribution in [0.2, 0.25) is 5.02 Å². The Hall–Kier alpha value is -4.00. The van der Waals surface area contributed by atoms with Gasteiger partial charge in [0.25, 0.3) is 0 Å². The highest BCUT2D eigenvalue weighted by atomic mass is 35.5. The van der Waals surface area contributed by atoms with E-state index in [1.807, 2.05) is 77.0 Å². The van der Waals surface area contributed by atoms with Crippen molar-refractivity contribution in [2.75, 3.05) is 10.2 Å². The quantitative estimate of drug-likeness (QED) is 0.313. The van der Waals surface area contributed by atoms with Gasteiger partial charge in [0.2, 0.25) is 5.91 Å². The fourth-order valence-corrected chi connectivity index (χ4v) is 7.45. The minimum absolute atomic E-state index is 0.225. The molecule has 5 nitrogen and oxygen atoms in total. The fourth-order valence-electron chi connectivity index (χ4n) is 6.51. The molecule has 1 aromatic heterocycles. The first-order valence-corrected chi connectivity index (χ1v) is 13.6. The maximum absolute atomic E-state index is 14.5. The summed E-state index contributed by atoms with van der Waals surface area (Å²) in [5.41, 5.74) is 2.14. The Morgan fingerprint density at radius 3 is 2.47 bits per heavy atom. The number of amides is 1. The molecule has 1 amide bonds. The Morgan fingerprint density at radius 2 is 1.66 bits per heavy atom. The number of nitrogens with zero attached hydrogens (tertiary/aromatic N) is 1. The van der Waals surface area contributed by atoms with E-state index in [-0.39, 0.29) is 17.5 Å². The minimum atomic E-state index is -1.32. The number of fused-ring (bicyclic) bond motifs is 6. The first-order chi connectivity index (χ1) is 18.5. The van der Waals surface area contributed by atoms with Crippen LogP contribution in [0.4, 0.5) is 11.4 Å². The number of thiophene rings is 1. The molecule has 1 saturated heterocycles. The number of para-hydroxylation sites is 2. The van der Waals surface area contributed by atoms with Gasteiger partial charge in [-0.1, -0.05) is 78.4 Å². The van der Waals surface area contributed by atoms with Crippen molar-refractivity contribution >= 4 is 57.9 Å². The van der Waals surface area contributed by atoms with Crippen LogP contribution in [0.15, 0.2) is 96.4 Å². The maximum Gasteiger partial charge on any atom is 0.238 e. The molecule has 38 heavy (non-hydrogen) atoms. The number of hydrogen-bond donors (Lipinski definition) is 1. The van der Waals surface area contributed by atoms with E-state index >= 15 is 0 Å². The third-order valence-electron chi connectivity index (χ3n) is 8.00. The van der Waals surface area contributed by atoms with Gasteiger partial charge in [0.15, 0.2) is 11.6 Å². The predicted octanol–water partition coefficient (Wildman–Crippen LogP) is 6.26. The first kappa shape index (κ1) is 23.1. The maximum atomic E-state index is 14.5. The zero-order valence-electron chi connectivity index (χ0n) is 20.0. The molecule has 4 heterocycles. The summed E-state index contributed by atoms with van der Waals surface area (Å²) in [6, 6.07) is 24.2. The van der Waals surface area contributed by atoms with Gasteiger partial charge in [-0.25, -0.2) is 0 Å². The van der Waals surface area contributed by atoms with Crippen molar-refractivity contribution < 1.29 is 14.4 Å². The molecular formula is C31H21ClN2O3S. The zero-order valence-corrected chi connectivity index (χ0v) is 21.6. The Bertz CT molecular complexity index is 1660. The number of ketones is 2. The van der Waals surface area contributed by atoms with Crippen LogP contribution in [0.25, 0.3) is 6.08 Å². The molecule has 0 radical (unpaired) electrons. The Morgan fingerprint density at radius 1 is 0.895 bits per heavy atom. The molecule has 0 saturated carbocycles. The van der Waals surface area contributed by atoms with E-state index in [1.165, 1.54) is 11.3 Å². The summed E-state index contributed by atoms with van der Waals surface area (Å²) in [5.74, 6) is -1.77. The van der Waals surface area contributed by atoms with Crippen molar-refractivity contribution in [1.29, 1.82) is 0 Å².